The van der Waals surface area contributed by atoms with E-state index in [0.29, 0.717) is 5.92 Å². The van der Waals surface area contributed by atoms with Crippen molar-refractivity contribution in [2.45, 2.75) is 51.5 Å². The van der Waals surface area contributed by atoms with Gasteiger partial charge in [-0.2, -0.15) is 0 Å². The molecule has 0 aromatic rings. The van der Waals surface area contributed by atoms with Gasteiger partial charge >= 0.3 is 0 Å². The van der Waals surface area contributed by atoms with Crippen molar-refractivity contribution in [3.63, 3.8) is 0 Å². The molecule has 3 rings (SSSR count). The molecule has 0 amide bonds. The molecular weight excluding hydrogens is 174 g/mol. The summed E-state index contributed by atoms with van der Waals surface area (Å²) in [6.07, 6.45) is 7.59. The standard InChI is InChI=1S/C12H21NO/c1-8(13)12(14)7-11-6-9-2-4-10(11)5-3-9/h8-11H,2-7,13H2,1H3/t8-,9?,10?,11?/m0/s1. The molecule has 3 saturated carbocycles. The molecule has 80 valence electrons. The van der Waals surface area contributed by atoms with Crippen LogP contribution in [-0.4, -0.2) is 11.8 Å². The van der Waals surface area contributed by atoms with Crippen molar-refractivity contribution >= 4 is 5.78 Å². The summed E-state index contributed by atoms with van der Waals surface area (Å²) in [6, 6.07) is -0.254. The largest absolute Gasteiger partial charge is 0.322 e. The zero-order valence-electron chi connectivity index (χ0n) is 9.04. The minimum atomic E-state index is -0.254. The van der Waals surface area contributed by atoms with Crippen molar-refractivity contribution in [3.8, 4) is 0 Å². The summed E-state index contributed by atoms with van der Waals surface area (Å²) < 4.78 is 0. The lowest BCUT2D eigenvalue weighted by molar-refractivity contribution is -0.122. The molecule has 0 radical (unpaired) electrons. The van der Waals surface area contributed by atoms with Crippen LogP contribution in [0.3, 0.4) is 0 Å². The lowest BCUT2D eigenvalue weighted by Gasteiger charge is -2.42. The zero-order valence-corrected chi connectivity index (χ0v) is 9.04. The molecule has 14 heavy (non-hydrogen) atoms. The highest BCUT2D eigenvalue weighted by molar-refractivity contribution is 5.83. The zero-order chi connectivity index (χ0) is 10.1. The highest BCUT2D eigenvalue weighted by Gasteiger charge is 2.36. The molecule has 0 heterocycles. The minimum absolute atomic E-state index is 0.254. The number of ketones is 1. The van der Waals surface area contributed by atoms with Crippen LogP contribution in [0.1, 0.15) is 45.4 Å². The van der Waals surface area contributed by atoms with Crippen molar-refractivity contribution in [2.24, 2.45) is 23.5 Å². The molecule has 2 bridgehead atoms. The van der Waals surface area contributed by atoms with Crippen LogP contribution < -0.4 is 5.73 Å². The van der Waals surface area contributed by atoms with Crippen LogP contribution in [0.15, 0.2) is 0 Å². The minimum Gasteiger partial charge on any atom is -0.322 e. The number of rotatable bonds is 3. The highest BCUT2D eigenvalue weighted by Crippen LogP contribution is 2.46. The monoisotopic (exact) mass is 195 g/mol. The fourth-order valence-electron chi connectivity index (χ4n) is 3.21. The summed E-state index contributed by atoms with van der Waals surface area (Å²) in [6.45, 7) is 1.81. The number of hydrogen-bond acceptors (Lipinski definition) is 2. The van der Waals surface area contributed by atoms with Crippen LogP contribution >= 0.6 is 0 Å². The van der Waals surface area contributed by atoms with Gasteiger partial charge in [0.05, 0.1) is 6.04 Å². The van der Waals surface area contributed by atoms with Gasteiger partial charge in [-0.1, -0.05) is 12.8 Å². The second-order valence-corrected chi connectivity index (χ2v) is 5.24. The van der Waals surface area contributed by atoms with E-state index < -0.39 is 0 Å². The van der Waals surface area contributed by atoms with Crippen molar-refractivity contribution in [1.82, 2.24) is 0 Å². The maximum Gasteiger partial charge on any atom is 0.149 e. The Bertz CT molecular complexity index is 216. The smallest absolute Gasteiger partial charge is 0.149 e. The number of carbonyl (C=O) groups is 1. The highest BCUT2D eigenvalue weighted by atomic mass is 16.1. The molecule has 3 fully saturated rings. The van der Waals surface area contributed by atoms with Gasteiger partial charge in [-0.05, 0) is 43.9 Å². The third-order valence-corrected chi connectivity index (χ3v) is 4.17. The van der Waals surface area contributed by atoms with Crippen LogP contribution in [0.25, 0.3) is 0 Å². The van der Waals surface area contributed by atoms with Crippen molar-refractivity contribution < 1.29 is 4.79 Å². The summed E-state index contributed by atoms with van der Waals surface area (Å²) in [5.74, 6) is 2.69. The summed E-state index contributed by atoms with van der Waals surface area (Å²) in [5.41, 5.74) is 5.60. The number of carbonyl (C=O) groups excluding carboxylic acids is 1. The summed E-state index contributed by atoms with van der Waals surface area (Å²) in [4.78, 5) is 11.6. The SMILES string of the molecule is C[C@H](N)C(=O)CC1CC2CCC1CC2. The van der Waals surface area contributed by atoms with Crippen LogP contribution in [-0.2, 0) is 4.79 Å². The normalized spacial score (nSPS) is 38.3. The number of Topliss-reactive ketones (excluding diaryl/α,β-unsaturated/α-hetero) is 1. The Kier molecular flexibility index (Phi) is 2.91. The van der Waals surface area contributed by atoms with Gasteiger partial charge in [0, 0.05) is 6.42 Å². The molecule has 3 aliphatic carbocycles. The van der Waals surface area contributed by atoms with Crippen LogP contribution in [0, 0.1) is 17.8 Å². The van der Waals surface area contributed by atoms with Crippen molar-refractivity contribution in [3.05, 3.63) is 0 Å². The first-order chi connectivity index (χ1) is 6.66. The summed E-state index contributed by atoms with van der Waals surface area (Å²) in [7, 11) is 0. The molecule has 0 spiro atoms. The van der Waals surface area contributed by atoms with E-state index in [1.54, 1.807) is 0 Å². The van der Waals surface area contributed by atoms with E-state index in [-0.39, 0.29) is 11.8 Å². The Labute approximate surface area is 86.2 Å². The molecule has 3 aliphatic rings. The second kappa shape index (κ2) is 4.01. The van der Waals surface area contributed by atoms with Gasteiger partial charge in [0.25, 0.3) is 0 Å². The predicted octanol–water partition coefficient (Wildman–Crippen LogP) is 2.12. The number of fused-ring (bicyclic) bond motifs is 3. The first kappa shape index (κ1) is 10.2. The topological polar surface area (TPSA) is 43.1 Å². The maximum absolute atomic E-state index is 11.6. The van der Waals surface area contributed by atoms with E-state index in [4.69, 9.17) is 5.73 Å². The fourth-order valence-corrected chi connectivity index (χ4v) is 3.21. The molecule has 2 heteroatoms. The molecule has 0 saturated heterocycles. The molecule has 0 aromatic heterocycles. The molecular formula is C12H21NO. The molecule has 2 N–H and O–H groups in total. The third-order valence-electron chi connectivity index (χ3n) is 4.17. The Morgan fingerprint density at radius 3 is 2.43 bits per heavy atom. The van der Waals surface area contributed by atoms with E-state index in [0.717, 1.165) is 18.3 Å². The van der Waals surface area contributed by atoms with Gasteiger partial charge in [-0.15, -0.1) is 0 Å². The summed E-state index contributed by atoms with van der Waals surface area (Å²) in [5, 5.41) is 0. The van der Waals surface area contributed by atoms with Gasteiger partial charge in [0.1, 0.15) is 5.78 Å². The Hall–Kier alpha value is -0.370. The molecule has 0 aromatic carbocycles. The van der Waals surface area contributed by atoms with E-state index >= 15 is 0 Å². The van der Waals surface area contributed by atoms with Gasteiger partial charge in [0.15, 0.2) is 0 Å². The van der Waals surface area contributed by atoms with E-state index in [2.05, 4.69) is 0 Å². The van der Waals surface area contributed by atoms with Crippen LogP contribution in [0.4, 0.5) is 0 Å². The maximum atomic E-state index is 11.6. The van der Waals surface area contributed by atoms with E-state index in [1.807, 2.05) is 6.92 Å². The average molecular weight is 195 g/mol. The Balaban J connectivity index is 1.90. The van der Waals surface area contributed by atoms with Gasteiger partial charge in [0.2, 0.25) is 0 Å². The first-order valence-electron chi connectivity index (χ1n) is 5.95. The number of hydrogen-bond donors (Lipinski definition) is 1. The second-order valence-electron chi connectivity index (χ2n) is 5.24. The molecule has 0 aliphatic heterocycles. The molecule has 2 nitrogen and oxygen atoms in total. The van der Waals surface area contributed by atoms with Crippen molar-refractivity contribution in [1.29, 1.82) is 0 Å². The molecule has 2 atom stereocenters. The summed E-state index contributed by atoms with van der Waals surface area (Å²) >= 11 is 0. The fraction of sp³-hybridized carbons (Fsp3) is 0.917. The lowest BCUT2D eigenvalue weighted by Crippen LogP contribution is -2.36. The van der Waals surface area contributed by atoms with Crippen molar-refractivity contribution in [2.75, 3.05) is 0 Å². The first-order valence-corrected chi connectivity index (χ1v) is 5.95. The van der Waals surface area contributed by atoms with Crippen LogP contribution in [0.2, 0.25) is 0 Å². The lowest BCUT2D eigenvalue weighted by atomic mass is 9.63. The average Bonchev–Trinajstić information content (AvgIpc) is 2.19. The van der Waals surface area contributed by atoms with E-state index in [1.165, 1.54) is 32.1 Å². The van der Waals surface area contributed by atoms with Crippen LogP contribution in [0.5, 0.6) is 0 Å². The predicted molar refractivity (Wildman–Crippen MR) is 56.8 cm³/mol. The quantitative estimate of drug-likeness (QED) is 0.749. The Morgan fingerprint density at radius 2 is 2.00 bits per heavy atom. The third kappa shape index (κ3) is 2.00. The van der Waals surface area contributed by atoms with Gasteiger partial charge in [-0.3, -0.25) is 4.79 Å². The van der Waals surface area contributed by atoms with Gasteiger partial charge < -0.3 is 5.73 Å². The Morgan fingerprint density at radius 1 is 1.36 bits per heavy atom. The van der Waals surface area contributed by atoms with Gasteiger partial charge in [-0.25, -0.2) is 0 Å². The number of nitrogens with two attached hydrogens (primary N) is 1. The molecule has 1 unspecified atom stereocenters. The van der Waals surface area contributed by atoms with E-state index in [9.17, 15) is 4.79 Å².